The van der Waals surface area contributed by atoms with Crippen LogP contribution in [0.1, 0.15) is 19.4 Å². The Balaban J connectivity index is 2.09. The molecule has 0 aliphatic rings. The molecule has 0 unspecified atom stereocenters. The van der Waals surface area contributed by atoms with E-state index in [0.29, 0.717) is 6.54 Å². The Bertz CT molecular complexity index is 720. The zero-order valence-electron chi connectivity index (χ0n) is 12.0. The Hall–Kier alpha value is -1.18. The number of nitrogens with one attached hydrogen (secondary N) is 2. The van der Waals surface area contributed by atoms with Crippen molar-refractivity contribution in [2.75, 3.05) is 18.1 Å². The van der Waals surface area contributed by atoms with Gasteiger partial charge in [-0.3, -0.25) is 0 Å². The van der Waals surface area contributed by atoms with E-state index in [1.165, 1.54) is 5.56 Å². The molecule has 1 aromatic carbocycles. The highest BCUT2D eigenvalue weighted by Crippen LogP contribution is 2.26. The molecule has 0 saturated carbocycles. The van der Waals surface area contributed by atoms with E-state index in [-0.39, 0.29) is 0 Å². The topological polar surface area (TPSA) is 71.1 Å². The molecule has 2 N–H and O–H groups in total. The van der Waals surface area contributed by atoms with Crippen molar-refractivity contribution in [3.63, 3.8) is 0 Å². The molecule has 5 nitrogen and oxygen atoms in total. The normalized spacial score (nSPS) is 12.8. The Morgan fingerprint density at radius 2 is 2.05 bits per heavy atom. The highest BCUT2D eigenvalue weighted by Gasteiger charge is 2.22. The molecule has 0 bridgehead atoms. The zero-order valence-corrected chi connectivity index (χ0v) is 13.7. The Morgan fingerprint density at radius 3 is 2.70 bits per heavy atom. The number of anilines is 1. The predicted molar refractivity (Wildman–Crippen MR) is 84.9 cm³/mol. The zero-order chi connectivity index (χ0) is 15.0. The number of hydrogen-bond acceptors (Lipinski definition) is 5. The third kappa shape index (κ3) is 4.16. The first kappa shape index (κ1) is 15.2. The third-order valence-corrected chi connectivity index (χ3v) is 4.60. The van der Waals surface area contributed by atoms with Crippen LogP contribution < -0.4 is 10.0 Å². The molecule has 110 valence electrons. The van der Waals surface area contributed by atoms with Crippen LogP contribution in [0.15, 0.2) is 18.2 Å². The molecule has 0 aliphatic heterocycles. The van der Waals surface area contributed by atoms with Gasteiger partial charge in [0.2, 0.25) is 10.0 Å². The van der Waals surface area contributed by atoms with E-state index in [1.54, 1.807) is 11.3 Å². The number of fused-ring (bicyclic) bond motifs is 1. The second-order valence-electron chi connectivity index (χ2n) is 5.60. The van der Waals surface area contributed by atoms with Gasteiger partial charge in [0, 0.05) is 12.1 Å². The Labute approximate surface area is 123 Å². The van der Waals surface area contributed by atoms with E-state index in [2.05, 4.69) is 21.1 Å². The number of aromatic nitrogens is 1. The maximum atomic E-state index is 11.3. The van der Waals surface area contributed by atoms with Crippen molar-refractivity contribution in [2.45, 2.75) is 26.3 Å². The lowest BCUT2D eigenvalue weighted by atomic mass is 10.1. The summed E-state index contributed by atoms with van der Waals surface area (Å²) in [6.07, 6.45) is 1.16. The molecule has 0 fully saturated rings. The van der Waals surface area contributed by atoms with E-state index >= 15 is 0 Å². The fraction of sp³-hybridized carbons (Fsp3) is 0.462. The minimum atomic E-state index is -3.22. The van der Waals surface area contributed by atoms with Gasteiger partial charge < -0.3 is 5.32 Å². The average Bonchev–Trinajstić information content (AvgIpc) is 2.65. The molecule has 0 aliphatic carbocycles. The summed E-state index contributed by atoms with van der Waals surface area (Å²) >= 11 is 1.57. The van der Waals surface area contributed by atoms with Crippen LogP contribution in [0.25, 0.3) is 10.2 Å². The predicted octanol–water partition coefficient (Wildman–Crippen LogP) is 2.34. The molecule has 0 spiro atoms. The van der Waals surface area contributed by atoms with E-state index in [4.69, 9.17) is 0 Å². The first-order valence-corrected chi connectivity index (χ1v) is 8.95. The summed E-state index contributed by atoms with van der Waals surface area (Å²) in [7, 11) is -3.22. The van der Waals surface area contributed by atoms with Gasteiger partial charge in [0.05, 0.1) is 16.5 Å². The number of rotatable bonds is 5. The van der Waals surface area contributed by atoms with E-state index in [1.807, 2.05) is 32.9 Å². The first-order valence-electron chi connectivity index (χ1n) is 6.25. The van der Waals surface area contributed by atoms with Gasteiger partial charge in [0.1, 0.15) is 0 Å². The fourth-order valence-electron chi connectivity index (χ4n) is 1.95. The molecule has 1 heterocycles. The van der Waals surface area contributed by atoms with Crippen LogP contribution in [0.3, 0.4) is 0 Å². The summed E-state index contributed by atoms with van der Waals surface area (Å²) in [6.45, 7) is 6.17. The highest BCUT2D eigenvalue weighted by molar-refractivity contribution is 7.88. The second kappa shape index (κ2) is 5.31. The van der Waals surface area contributed by atoms with Gasteiger partial charge in [-0.15, -0.1) is 0 Å². The summed E-state index contributed by atoms with van der Waals surface area (Å²) in [4.78, 5) is 4.50. The maximum absolute atomic E-state index is 11.3. The molecule has 7 heteroatoms. The largest absolute Gasteiger partial charge is 0.360 e. The van der Waals surface area contributed by atoms with Gasteiger partial charge in [-0.1, -0.05) is 17.4 Å². The highest BCUT2D eigenvalue weighted by atomic mass is 32.2. The number of nitrogens with zero attached hydrogens (tertiary/aromatic N) is 1. The van der Waals surface area contributed by atoms with Crippen LogP contribution in [0.5, 0.6) is 0 Å². The van der Waals surface area contributed by atoms with Crippen LogP contribution in [0, 0.1) is 6.92 Å². The van der Waals surface area contributed by atoms with Gasteiger partial charge in [0.15, 0.2) is 5.13 Å². The van der Waals surface area contributed by atoms with Crippen LogP contribution >= 0.6 is 11.3 Å². The molecular weight excluding hydrogens is 294 g/mol. The van der Waals surface area contributed by atoms with E-state index in [9.17, 15) is 8.42 Å². The SMILES string of the molecule is Cc1ccc2sc(NCC(C)(C)NS(C)(=O)=O)nc2c1. The minimum Gasteiger partial charge on any atom is -0.360 e. The fourth-order valence-corrected chi connectivity index (χ4v) is 3.87. The molecule has 0 radical (unpaired) electrons. The van der Waals surface area contributed by atoms with Crippen molar-refractivity contribution < 1.29 is 8.42 Å². The molecule has 1 aromatic heterocycles. The summed E-state index contributed by atoms with van der Waals surface area (Å²) < 4.78 is 26.3. The molecule has 0 saturated heterocycles. The van der Waals surface area contributed by atoms with Gasteiger partial charge in [-0.25, -0.2) is 18.1 Å². The van der Waals surface area contributed by atoms with Crippen molar-refractivity contribution in [3.8, 4) is 0 Å². The van der Waals surface area contributed by atoms with Gasteiger partial charge >= 0.3 is 0 Å². The van der Waals surface area contributed by atoms with Crippen molar-refractivity contribution >= 4 is 36.7 Å². The van der Waals surface area contributed by atoms with Gasteiger partial charge in [-0.05, 0) is 38.5 Å². The van der Waals surface area contributed by atoms with Crippen molar-refractivity contribution in [2.24, 2.45) is 0 Å². The van der Waals surface area contributed by atoms with Crippen LogP contribution in [0.2, 0.25) is 0 Å². The van der Waals surface area contributed by atoms with Crippen LogP contribution in [-0.2, 0) is 10.0 Å². The van der Waals surface area contributed by atoms with E-state index < -0.39 is 15.6 Å². The van der Waals surface area contributed by atoms with Crippen molar-refractivity contribution in [1.29, 1.82) is 0 Å². The Kier molecular flexibility index (Phi) is 4.04. The van der Waals surface area contributed by atoms with Gasteiger partial charge in [0.25, 0.3) is 0 Å². The number of hydrogen-bond donors (Lipinski definition) is 2. The summed E-state index contributed by atoms with van der Waals surface area (Å²) in [6, 6.07) is 6.14. The monoisotopic (exact) mass is 313 g/mol. The second-order valence-corrected chi connectivity index (χ2v) is 8.38. The molecule has 0 atom stereocenters. The van der Waals surface area contributed by atoms with Gasteiger partial charge in [-0.2, -0.15) is 0 Å². The number of aryl methyl sites for hydroxylation is 1. The summed E-state index contributed by atoms with van der Waals surface area (Å²) in [5, 5.41) is 4.00. The lowest BCUT2D eigenvalue weighted by molar-refractivity contribution is 0.476. The van der Waals surface area contributed by atoms with Crippen LogP contribution in [0.4, 0.5) is 5.13 Å². The summed E-state index contributed by atoms with van der Waals surface area (Å²) in [5.41, 5.74) is 1.57. The third-order valence-electron chi connectivity index (χ3n) is 2.69. The average molecular weight is 313 g/mol. The smallest absolute Gasteiger partial charge is 0.209 e. The lowest BCUT2D eigenvalue weighted by Crippen LogP contribution is -2.47. The maximum Gasteiger partial charge on any atom is 0.209 e. The Morgan fingerprint density at radius 1 is 1.35 bits per heavy atom. The summed E-state index contributed by atoms with van der Waals surface area (Å²) in [5.74, 6) is 0. The molecule has 0 amide bonds. The lowest BCUT2D eigenvalue weighted by Gasteiger charge is -2.25. The molecule has 20 heavy (non-hydrogen) atoms. The van der Waals surface area contributed by atoms with Crippen molar-refractivity contribution in [3.05, 3.63) is 23.8 Å². The number of sulfonamides is 1. The molecular formula is C13H19N3O2S2. The minimum absolute atomic E-state index is 0.471. The number of benzene rings is 1. The van der Waals surface area contributed by atoms with Crippen molar-refractivity contribution in [1.82, 2.24) is 9.71 Å². The van der Waals surface area contributed by atoms with Crippen LogP contribution in [-0.4, -0.2) is 31.7 Å². The molecule has 2 aromatic rings. The number of thiazole rings is 1. The standard InChI is InChI=1S/C13H19N3O2S2/c1-9-5-6-11-10(7-9)15-12(19-11)14-8-13(2,3)16-20(4,17)18/h5-7,16H,8H2,1-4H3,(H,14,15). The molecule has 2 rings (SSSR count). The van der Waals surface area contributed by atoms with E-state index in [0.717, 1.165) is 21.6 Å². The quantitative estimate of drug-likeness (QED) is 0.889. The first-order chi connectivity index (χ1) is 9.15.